The van der Waals surface area contributed by atoms with Crippen LogP contribution in [0.4, 0.5) is 32.0 Å². The van der Waals surface area contributed by atoms with Crippen LogP contribution in [0.15, 0.2) is 48.5 Å². The van der Waals surface area contributed by atoms with Gasteiger partial charge in [-0.05, 0) is 48.4 Å². The average molecular weight is 465 g/mol. The van der Waals surface area contributed by atoms with Crippen LogP contribution in [-0.4, -0.2) is 36.9 Å². The monoisotopic (exact) mass is 465 g/mol. The summed E-state index contributed by atoms with van der Waals surface area (Å²) < 4.78 is 85.7. The number of alkyl halides is 6. The highest BCUT2D eigenvalue weighted by molar-refractivity contribution is 5.50. The van der Waals surface area contributed by atoms with E-state index in [0.29, 0.717) is 18.0 Å². The Morgan fingerprint density at radius 3 is 2.22 bits per heavy atom. The lowest BCUT2D eigenvalue weighted by Crippen LogP contribution is -2.40. The van der Waals surface area contributed by atoms with E-state index in [4.69, 9.17) is 4.74 Å². The number of hydrogen-bond acceptors (Lipinski definition) is 4. The molecule has 0 saturated carbocycles. The molecule has 0 bridgehead atoms. The highest BCUT2D eigenvalue weighted by Gasteiger charge is 2.39. The summed E-state index contributed by atoms with van der Waals surface area (Å²) in [6.07, 6.45) is -9.45. The van der Waals surface area contributed by atoms with Gasteiger partial charge in [-0.1, -0.05) is 31.9 Å². The minimum absolute atomic E-state index is 0.182. The number of hydrogen-bond donors (Lipinski definition) is 1. The lowest BCUT2D eigenvalue weighted by atomic mass is 10.1. The molecule has 2 aromatic rings. The molecule has 0 amide bonds. The molecule has 0 radical (unpaired) electrons. The lowest BCUT2D eigenvalue weighted by Gasteiger charge is -2.28. The van der Waals surface area contributed by atoms with Crippen LogP contribution in [-0.2, 0) is 6.54 Å². The second-order valence-electron chi connectivity index (χ2n) is 7.18. The molecular weight excluding hydrogens is 440 g/mol. The Morgan fingerprint density at radius 1 is 0.938 bits per heavy atom. The van der Waals surface area contributed by atoms with Crippen LogP contribution in [0.3, 0.4) is 0 Å². The Kier molecular flexibility index (Phi) is 9.06. The molecule has 0 spiro atoms. The quantitative estimate of drug-likeness (QED) is 0.323. The second kappa shape index (κ2) is 11.3. The van der Waals surface area contributed by atoms with Gasteiger partial charge >= 0.3 is 12.5 Å². The van der Waals surface area contributed by atoms with E-state index in [0.717, 1.165) is 31.4 Å². The fourth-order valence-electron chi connectivity index (χ4n) is 2.93. The van der Waals surface area contributed by atoms with Gasteiger partial charge in [-0.25, -0.2) is 0 Å². The average Bonchev–Trinajstić information content (AvgIpc) is 2.69. The van der Waals surface area contributed by atoms with E-state index in [1.165, 1.54) is 29.2 Å². The number of aliphatic hydroxyl groups excluding tert-OH is 1. The first kappa shape index (κ1) is 25.6. The van der Waals surface area contributed by atoms with Gasteiger partial charge < -0.3 is 19.5 Å². The fourth-order valence-corrected chi connectivity index (χ4v) is 2.93. The topological polar surface area (TPSA) is 41.9 Å². The van der Waals surface area contributed by atoms with Crippen molar-refractivity contribution in [3.05, 3.63) is 54.1 Å². The Bertz CT molecular complexity index is 824. The molecule has 0 aromatic heterocycles. The third kappa shape index (κ3) is 8.86. The predicted octanol–water partition coefficient (Wildman–Crippen LogP) is 6.08. The largest absolute Gasteiger partial charge is 0.573 e. The summed E-state index contributed by atoms with van der Waals surface area (Å²) in [6.45, 7) is 1.59. The van der Waals surface area contributed by atoms with Crippen molar-refractivity contribution in [2.45, 2.75) is 51.4 Å². The number of benzene rings is 2. The van der Waals surface area contributed by atoms with Gasteiger partial charge in [0.25, 0.3) is 0 Å². The Labute approximate surface area is 182 Å². The summed E-state index contributed by atoms with van der Waals surface area (Å²) in [5.74, 6) is 0.0592. The number of ether oxygens (including phenoxy) is 2. The minimum atomic E-state index is -4.89. The number of nitrogens with zero attached hydrogens (tertiary/aromatic N) is 1. The number of rotatable bonds is 11. The number of aliphatic hydroxyl groups is 1. The summed E-state index contributed by atoms with van der Waals surface area (Å²) in [5, 5.41) is 9.56. The van der Waals surface area contributed by atoms with Crippen LogP contribution in [0.25, 0.3) is 0 Å². The SMILES string of the molecule is CCCCCOc1ccc(N(Cc2cccc(OC(F)(F)F)c2)C[C@@H](O)C(F)(F)F)cc1. The van der Waals surface area contributed by atoms with E-state index in [1.807, 2.05) is 0 Å². The molecule has 178 valence electrons. The van der Waals surface area contributed by atoms with Crippen molar-refractivity contribution in [1.82, 2.24) is 0 Å². The van der Waals surface area contributed by atoms with Crippen LogP contribution in [0, 0.1) is 0 Å². The summed E-state index contributed by atoms with van der Waals surface area (Å²) in [5.41, 5.74) is 0.623. The van der Waals surface area contributed by atoms with E-state index in [9.17, 15) is 31.4 Å². The maximum Gasteiger partial charge on any atom is 0.573 e. The van der Waals surface area contributed by atoms with Crippen LogP contribution in [0.1, 0.15) is 31.7 Å². The summed E-state index contributed by atoms with van der Waals surface area (Å²) >= 11 is 0. The van der Waals surface area contributed by atoms with Crippen molar-refractivity contribution in [2.75, 3.05) is 18.1 Å². The molecule has 4 nitrogen and oxygen atoms in total. The van der Waals surface area contributed by atoms with Gasteiger partial charge in [0.05, 0.1) is 13.2 Å². The normalized spacial score (nSPS) is 13.0. The summed E-state index contributed by atoms with van der Waals surface area (Å²) in [4.78, 5) is 1.23. The molecule has 0 fully saturated rings. The van der Waals surface area contributed by atoms with Gasteiger partial charge in [0.1, 0.15) is 11.5 Å². The maximum atomic E-state index is 12.9. The van der Waals surface area contributed by atoms with Crippen LogP contribution in [0.5, 0.6) is 11.5 Å². The van der Waals surface area contributed by atoms with Crippen molar-refractivity contribution in [3.63, 3.8) is 0 Å². The molecule has 10 heteroatoms. The fraction of sp³-hybridized carbons (Fsp3) is 0.455. The first-order valence-corrected chi connectivity index (χ1v) is 10.0. The number of unbranched alkanes of at least 4 members (excludes halogenated alkanes) is 2. The van der Waals surface area contributed by atoms with Crippen molar-refractivity contribution in [2.24, 2.45) is 0 Å². The van der Waals surface area contributed by atoms with E-state index < -0.39 is 30.9 Å². The van der Waals surface area contributed by atoms with Crippen molar-refractivity contribution in [1.29, 1.82) is 0 Å². The summed E-state index contributed by atoms with van der Waals surface area (Å²) in [6, 6.07) is 11.2. The van der Waals surface area contributed by atoms with Crippen molar-refractivity contribution in [3.8, 4) is 11.5 Å². The van der Waals surface area contributed by atoms with Crippen molar-refractivity contribution >= 4 is 5.69 Å². The lowest BCUT2D eigenvalue weighted by molar-refractivity contribution is -0.274. The molecule has 0 unspecified atom stereocenters. The summed E-state index contributed by atoms with van der Waals surface area (Å²) in [7, 11) is 0. The Morgan fingerprint density at radius 2 is 1.62 bits per heavy atom. The minimum Gasteiger partial charge on any atom is -0.494 e. The van der Waals surface area contributed by atoms with E-state index in [1.54, 1.807) is 12.1 Å². The number of anilines is 1. The highest BCUT2D eigenvalue weighted by atomic mass is 19.4. The van der Waals surface area contributed by atoms with Crippen LogP contribution in [0.2, 0.25) is 0 Å². The van der Waals surface area contributed by atoms with Gasteiger partial charge in [0.15, 0.2) is 6.10 Å². The zero-order chi connectivity index (χ0) is 23.8. The molecule has 0 aliphatic heterocycles. The van der Waals surface area contributed by atoms with Gasteiger partial charge in [-0.15, -0.1) is 13.2 Å². The zero-order valence-corrected chi connectivity index (χ0v) is 17.4. The molecule has 0 heterocycles. The van der Waals surface area contributed by atoms with Crippen LogP contribution < -0.4 is 14.4 Å². The Hall–Kier alpha value is -2.62. The zero-order valence-electron chi connectivity index (χ0n) is 17.4. The molecule has 32 heavy (non-hydrogen) atoms. The third-order valence-electron chi connectivity index (χ3n) is 4.50. The first-order chi connectivity index (χ1) is 15.0. The Balaban J connectivity index is 2.19. The van der Waals surface area contributed by atoms with Gasteiger partial charge in [0.2, 0.25) is 0 Å². The van der Waals surface area contributed by atoms with E-state index in [2.05, 4.69) is 11.7 Å². The second-order valence-corrected chi connectivity index (χ2v) is 7.18. The molecule has 0 aliphatic carbocycles. The van der Waals surface area contributed by atoms with Gasteiger partial charge in [-0.3, -0.25) is 0 Å². The van der Waals surface area contributed by atoms with E-state index in [-0.39, 0.29) is 12.1 Å². The molecule has 0 saturated heterocycles. The molecule has 1 atom stereocenters. The van der Waals surface area contributed by atoms with Crippen molar-refractivity contribution < 1.29 is 40.9 Å². The predicted molar refractivity (Wildman–Crippen MR) is 108 cm³/mol. The highest BCUT2D eigenvalue weighted by Crippen LogP contribution is 2.28. The third-order valence-corrected chi connectivity index (χ3v) is 4.50. The molecule has 0 aliphatic rings. The molecule has 2 aromatic carbocycles. The first-order valence-electron chi connectivity index (χ1n) is 10.0. The maximum absolute atomic E-state index is 12.9. The van der Waals surface area contributed by atoms with Crippen LogP contribution >= 0.6 is 0 Å². The van der Waals surface area contributed by atoms with Gasteiger partial charge in [-0.2, -0.15) is 13.2 Å². The molecular formula is C22H25F6NO3. The molecule has 2 rings (SSSR count). The molecule has 1 N–H and O–H groups in total. The van der Waals surface area contributed by atoms with E-state index >= 15 is 0 Å². The van der Waals surface area contributed by atoms with Gasteiger partial charge in [0, 0.05) is 12.2 Å². The standard InChI is InChI=1S/C22H25F6NO3/c1-2-3-4-12-31-18-10-8-17(9-11-18)29(15-20(30)21(23,24)25)14-16-6-5-7-19(13-16)32-22(26,27)28/h5-11,13,20,30H,2-4,12,14-15H2,1H3/t20-/m1/s1. The number of halogens is 6. The smallest absolute Gasteiger partial charge is 0.494 e.